The van der Waals surface area contributed by atoms with Gasteiger partial charge >= 0.3 is 18.0 Å². The SMILES string of the molecule is C=COC(c1ccccc1)(C(F)(F)F)C(F)(F)F. The molecule has 0 N–H and O–H groups in total. The van der Waals surface area contributed by atoms with E-state index < -0.39 is 23.5 Å². The van der Waals surface area contributed by atoms with Crippen molar-refractivity contribution in [2.45, 2.75) is 18.0 Å². The first kappa shape index (κ1) is 14.4. The molecule has 0 saturated carbocycles. The molecule has 0 spiro atoms. The Labute approximate surface area is 98.7 Å². The van der Waals surface area contributed by atoms with Gasteiger partial charge in [-0.25, -0.2) is 0 Å². The quantitative estimate of drug-likeness (QED) is 0.591. The molecule has 0 radical (unpaired) electrons. The number of benzene rings is 1. The summed E-state index contributed by atoms with van der Waals surface area (Å²) in [5.41, 5.74) is -5.45. The average Bonchev–Trinajstić information content (AvgIpc) is 2.23. The lowest BCUT2D eigenvalue weighted by Gasteiger charge is -2.36. The van der Waals surface area contributed by atoms with E-state index in [0.29, 0.717) is 12.1 Å². The first-order valence-corrected chi connectivity index (χ1v) is 4.64. The minimum absolute atomic E-state index is 0.133. The Morgan fingerprint density at radius 2 is 1.33 bits per heavy atom. The lowest BCUT2D eigenvalue weighted by atomic mass is 9.92. The topological polar surface area (TPSA) is 9.23 Å². The van der Waals surface area contributed by atoms with Crippen molar-refractivity contribution >= 4 is 0 Å². The van der Waals surface area contributed by atoms with Crippen molar-refractivity contribution < 1.29 is 31.1 Å². The Bertz CT molecular complexity index is 392. The van der Waals surface area contributed by atoms with Crippen LogP contribution >= 0.6 is 0 Å². The molecule has 0 aromatic heterocycles. The highest BCUT2D eigenvalue weighted by atomic mass is 19.4. The molecule has 0 aliphatic heterocycles. The molecule has 0 atom stereocenters. The van der Waals surface area contributed by atoms with Crippen LogP contribution in [-0.2, 0) is 10.3 Å². The number of rotatable bonds is 3. The molecule has 1 aromatic rings. The average molecular weight is 270 g/mol. The van der Waals surface area contributed by atoms with E-state index in [-0.39, 0.29) is 6.26 Å². The van der Waals surface area contributed by atoms with Crippen LogP contribution in [0.15, 0.2) is 43.2 Å². The van der Waals surface area contributed by atoms with Crippen LogP contribution < -0.4 is 0 Å². The van der Waals surface area contributed by atoms with Gasteiger partial charge in [0.2, 0.25) is 0 Å². The normalized spacial score (nSPS) is 13.2. The van der Waals surface area contributed by atoms with E-state index in [2.05, 4.69) is 11.3 Å². The summed E-state index contributed by atoms with van der Waals surface area (Å²) in [6, 6.07) is 4.83. The van der Waals surface area contributed by atoms with Crippen molar-refractivity contribution in [1.82, 2.24) is 0 Å². The van der Waals surface area contributed by atoms with Crippen LogP contribution in [0.25, 0.3) is 0 Å². The number of hydrogen-bond donors (Lipinski definition) is 0. The largest absolute Gasteiger partial charge is 0.473 e. The van der Waals surface area contributed by atoms with Gasteiger partial charge in [-0.15, -0.1) is 0 Å². The highest BCUT2D eigenvalue weighted by Crippen LogP contribution is 2.52. The summed E-state index contributed by atoms with van der Waals surface area (Å²) in [5.74, 6) is 0. The van der Waals surface area contributed by atoms with Crippen LogP contribution in [0.2, 0.25) is 0 Å². The Morgan fingerprint density at radius 1 is 0.889 bits per heavy atom. The van der Waals surface area contributed by atoms with Crippen LogP contribution in [-0.4, -0.2) is 12.4 Å². The monoisotopic (exact) mass is 270 g/mol. The minimum Gasteiger partial charge on any atom is -0.473 e. The van der Waals surface area contributed by atoms with Crippen LogP contribution in [0, 0.1) is 0 Å². The van der Waals surface area contributed by atoms with Crippen LogP contribution in [0.1, 0.15) is 5.56 Å². The van der Waals surface area contributed by atoms with E-state index in [0.717, 1.165) is 12.1 Å². The molecular formula is C11H8F6O. The number of ether oxygens (including phenoxy) is 1. The molecule has 0 unspecified atom stereocenters. The highest BCUT2D eigenvalue weighted by Gasteiger charge is 2.74. The Balaban J connectivity index is 3.55. The van der Waals surface area contributed by atoms with Crippen molar-refractivity contribution in [3.63, 3.8) is 0 Å². The van der Waals surface area contributed by atoms with E-state index in [4.69, 9.17) is 0 Å². The molecule has 1 nitrogen and oxygen atoms in total. The summed E-state index contributed by atoms with van der Waals surface area (Å²) in [6.07, 6.45) is -11.2. The summed E-state index contributed by atoms with van der Waals surface area (Å²) in [7, 11) is 0. The summed E-state index contributed by atoms with van der Waals surface area (Å²) in [6.45, 7) is 2.78. The highest BCUT2D eigenvalue weighted by molar-refractivity contribution is 5.27. The van der Waals surface area contributed by atoms with Gasteiger partial charge in [-0.1, -0.05) is 36.9 Å². The van der Waals surface area contributed by atoms with Gasteiger partial charge in [0, 0.05) is 5.56 Å². The number of alkyl halides is 6. The fraction of sp³-hybridized carbons (Fsp3) is 0.273. The van der Waals surface area contributed by atoms with Crippen molar-refractivity contribution in [3.05, 3.63) is 48.7 Å². The molecule has 1 aromatic carbocycles. The lowest BCUT2D eigenvalue weighted by molar-refractivity contribution is -0.376. The molecule has 18 heavy (non-hydrogen) atoms. The van der Waals surface area contributed by atoms with Gasteiger partial charge in [-0.2, -0.15) is 26.3 Å². The first-order chi connectivity index (χ1) is 8.17. The Kier molecular flexibility index (Phi) is 3.64. The number of halogens is 6. The van der Waals surface area contributed by atoms with Gasteiger partial charge in [-0.3, -0.25) is 0 Å². The van der Waals surface area contributed by atoms with Crippen molar-refractivity contribution in [2.24, 2.45) is 0 Å². The summed E-state index contributed by atoms with van der Waals surface area (Å²) < 4.78 is 81.0. The standard InChI is InChI=1S/C11H8F6O/c1-2-18-9(10(12,13)14,11(15,16)17)8-6-4-3-5-7-8/h2-7H,1H2. The lowest BCUT2D eigenvalue weighted by Crippen LogP contribution is -2.55. The number of hydrogen-bond acceptors (Lipinski definition) is 1. The van der Waals surface area contributed by atoms with Crippen molar-refractivity contribution in [2.75, 3.05) is 0 Å². The molecule has 0 amide bonds. The zero-order valence-electron chi connectivity index (χ0n) is 8.85. The van der Waals surface area contributed by atoms with Gasteiger partial charge in [0.15, 0.2) is 0 Å². The maximum Gasteiger partial charge on any atom is 0.442 e. The van der Waals surface area contributed by atoms with Crippen LogP contribution in [0.3, 0.4) is 0 Å². The van der Waals surface area contributed by atoms with Crippen molar-refractivity contribution in [3.8, 4) is 0 Å². The third-order valence-corrected chi connectivity index (χ3v) is 2.24. The second kappa shape index (κ2) is 4.55. The van der Waals surface area contributed by atoms with E-state index in [9.17, 15) is 26.3 Å². The summed E-state index contributed by atoms with van der Waals surface area (Å²) in [4.78, 5) is 0. The van der Waals surface area contributed by atoms with Gasteiger partial charge in [0.1, 0.15) is 0 Å². The maximum absolute atomic E-state index is 12.9. The van der Waals surface area contributed by atoms with Gasteiger partial charge in [0.05, 0.1) is 6.26 Å². The molecule has 1 rings (SSSR count). The second-order valence-corrected chi connectivity index (χ2v) is 3.33. The molecular weight excluding hydrogens is 262 g/mol. The van der Waals surface area contributed by atoms with Gasteiger partial charge < -0.3 is 4.74 Å². The molecule has 100 valence electrons. The first-order valence-electron chi connectivity index (χ1n) is 4.64. The fourth-order valence-electron chi connectivity index (χ4n) is 1.49. The summed E-state index contributed by atoms with van der Waals surface area (Å²) >= 11 is 0. The fourth-order valence-corrected chi connectivity index (χ4v) is 1.49. The van der Waals surface area contributed by atoms with E-state index in [1.807, 2.05) is 0 Å². The summed E-state index contributed by atoms with van der Waals surface area (Å²) in [5, 5.41) is 0. The maximum atomic E-state index is 12.9. The van der Waals surface area contributed by atoms with Crippen LogP contribution in [0.4, 0.5) is 26.3 Å². The third-order valence-electron chi connectivity index (χ3n) is 2.24. The molecule has 0 bridgehead atoms. The van der Waals surface area contributed by atoms with Gasteiger partial charge in [-0.05, 0) is 0 Å². The van der Waals surface area contributed by atoms with Gasteiger partial charge in [0.25, 0.3) is 0 Å². The molecule has 0 saturated heterocycles. The molecule has 0 aliphatic rings. The molecule has 0 heterocycles. The third kappa shape index (κ3) is 2.16. The molecule has 7 heteroatoms. The Hall–Kier alpha value is -1.66. The molecule has 0 aliphatic carbocycles. The zero-order valence-corrected chi connectivity index (χ0v) is 8.85. The second-order valence-electron chi connectivity index (χ2n) is 3.33. The predicted octanol–water partition coefficient (Wildman–Crippen LogP) is 4.17. The van der Waals surface area contributed by atoms with Crippen molar-refractivity contribution in [1.29, 1.82) is 0 Å². The smallest absolute Gasteiger partial charge is 0.442 e. The Morgan fingerprint density at radius 3 is 1.67 bits per heavy atom. The predicted molar refractivity (Wildman–Crippen MR) is 51.5 cm³/mol. The minimum atomic E-state index is -5.67. The van der Waals surface area contributed by atoms with E-state index >= 15 is 0 Å². The van der Waals surface area contributed by atoms with E-state index in [1.165, 1.54) is 6.07 Å². The molecule has 0 fully saturated rings. The van der Waals surface area contributed by atoms with Crippen LogP contribution in [0.5, 0.6) is 0 Å². The van der Waals surface area contributed by atoms with E-state index in [1.54, 1.807) is 0 Å². The zero-order chi connectivity index (χ0) is 14.0.